The Balaban J connectivity index is 4.38. The molecule has 0 aromatic heterocycles. The van der Waals surface area contributed by atoms with Crippen LogP contribution in [0.4, 0.5) is 0 Å². The summed E-state index contributed by atoms with van der Waals surface area (Å²) in [5, 5.41) is 0. The van der Waals surface area contributed by atoms with Crippen LogP contribution < -0.4 is 0 Å². The number of rotatable bonds is 57. The van der Waals surface area contributed by atoms with Crippen LogP contribution in [-0.4, -0.2) is 37.2 Å². The van der Waals surface area contributed by atoms with E-state index in [1.807, 2.05) is 0 Å². The van der Waals surface area contributed by atoms with Crippen LogP contribution in [0.2, 0.25) is 0 Å². The first-order valence-corrected chi connectivity index (χ1v) is 31.1. The molecule has 71 heavy (non-hydrogen) atoms. The maximum Gasteiger partial charge on any atom is 0.306 e. The standard InChI is InChI=1S/C65H118O6/c1-4-7-10-13-16-19-22-25-28-31-33-35-37-40-43-46-49-52-55-58-64(67)70-61-62(60-69-63(66)57-54-51-48-45-42-39-36-30-27-24-21-18-15-12-9-6-3)71-65(68)59-56-53-50-47-44-41-38-34-32-29-26-23-20-17-14-11-8-5-2/h16,19,25,28,30,33,35-36,62H,4-15,17-18,20-24,26-27,29,31-32,34,37-61H2,1-3H3/b19-16-,28-25-,35-33-,36-30-. The molecule has 6 heteroatoms. The molecule has 0 aliphatic rings. The molecule has 0 rings (SSSR count). The maximum atomic E-state index is 12.9. The lowest BCUT2D eigenvalue weighted by atomic mass is 10.0. The van der Waals surface area contributed by atoms with Crippen LogP contribution >= 0.6 is 0 Å². The van der Waals surface area contributed by atoms with E-state index in [1.165, 1.54) is 205 Å². The molecule has 0 aliphatic heterocycles. The number of unbranched alkanes of at least 4 members (excludes halogenated alkanes) is 38. The molecule has 0 radical (unpaired) electrons. The SMILES string of the molecule is CCCCC/C=C\C/C=C\C/C=C\CCCCCCCCC(=O)OCC(COC(=O)CCCCCCC/C=C\CCCCCCCCC)OC(=O)CCCCCCCCCCCCCCCCCCCC. The summed E-state index contributed by atoms with van der Waals surface area (Å²) in [6.07, 6.45) is 73.9. The van der Waals surface area contributed by atoms with Crippen molar-refractivity contribution in [2.75, 3.05) is 13.2 Å². The predicted octanol–water partition coefficient (Wildman–Crippen LogP) is 21.0. The van der Waals surface area contributed by atoms with Crippen LogP contribution in [0.3, 0.4) is 0 Å². The van der Waals surface area contributed by atoms with Gasteiger partial charge in [0, 0.05) is 19.3 Å². The average Bonchev–Trinajstić information content (AvgIpc) is 3.37. The summed E-state index contributed by atoms with van der Waals surface area (Å²) >= 11 is 0. The summed E-state index contributed by atoms with van der Waals surface area (Å²) in [6.45, 7) is 6.64. The number of allylic oxidation sites excluding steroid dienone is 8. The van der Waals surface area contributed by atoms with E-state index in [-0.39, 0.29) is 31.1 Å². The number of carbonyl (C=O) groups excluding carboxylic acids is 3. The molecular formula is C65H118O6. The van der Waals surface area contributed by atoms with Crippen LogP contribution in [0, 0.1) is 0 Å². The van der Waals surface area contributed by atoms with Gasteiger partial charge in [-0.1, -0.05) is 275 Å². The Bertz CT molecular complexity index is 1230. The van der Waals surface area contributed by atoms with Crippen molar-refractivity contribution in [1.29, 1.82) is 0 Å². The van der Waals surface area contributed by atoms with Crippen molar-refractivity contribution in [2.24, 2.45) is 0 Å². The van der Waals surface area contributed by atoms with Crippen LogP contribution in [0.25, 0.3) is 0 Å². The summed E-state index contributed by atoms with van der Waals surface area (Å²) < 4.78 is 16.9. The van der Waals surface area contributed by atoms with Crippen molar-refractivity contribution in [3.63, 3.8) is 0 Å². The first-order chi connectivity index (χ1) is 35.0. The van der Waals surface area contributed by atoms with Gasteiger partial charge in [-0.15, -0.1) is 0 Å². The highest BCUT2D eigenvalue weighted by Crippen LogP contribution is 2.17. The van der Waals surface area contributed by atoms with Gasteiger partial charge >= 0.3 is 17.9 Å². The van der Waals surface area contributed by atoms with Gasteiger partial charge in [0.2, 0.25) is 0 Å². The largest absolute Gasteiger partial charge is 0.462 e. The van der Waals surface area contributed by atoms with E-state index < -0.39 is 6.10 Å². The van der Waals surface area contributed by atoms with Gasteiger partial charge in [0.15, 0.2) is 6.10 Å². The van der Waals surface area contributed by atoms with Gasteiger partial charge in [0.25, 0.3) is 0 Å². The van der Waals surface area contributed by atoms with Gasteiger partial charge in [-0.2, -0.15) is 0 Å². The molecule has 0 aromatic rings. The molecule has 0 amide bonds. The molecular weight excluding hydrogens is 877 g/mol. The predicted molar refractivity (Wildman–Crippen MR) is 307 cm³/mol. The molecule has 0 saturated carbocycles. The molecule has 1 atom stereocenters. The third-order valence-corrected chi connectivity index (χ3v) is 13.8. The van der Waals surface area contributed by atoms with Gasteiger partial charge < -0.3 is 14.2 Å². The average molecular weight is 996 g/mol. The zero-order valence-corrected chi connectivity index (χ0v) is 47.5. The smallest absolute Gasteiger partial charge is 0.306 e. The topological polar surface area (TPSA) is 78.9 Å². The Morgan fingerprint density at radius 1 is 0.282 bits per heavy atom. The highest BCUT2D eigenvalue weighted by atomic mass is 16.6. The van der Waals surface area contributed by atoms with Crippen LogP contribution in [0.1, 0.15) is 329 Å². The molecule has 0 aromatic carbocycles. The molecule has 414 valence electrons. The van der Waals surface area contributed by atoms with Gasteiger partial charge in [0.1, 0.15) is 13.2 Å². The minimum Gasteiger partial charge on any atom is -0.462 e. The van der Waals surface area contributed by atoms with Crippen LogP contribution in [0.15, 0.2) is 48.6 Å². The van der Waals surface area contributed by atoms with Crippen molar-refractivity contribution in [3.05, 3.63) is 48.6 Å². The normalized spacial score (nSPS) is 12.3. The minimum absolute atomic E-state index is 0.0785. The quantitative estimate of drug-likeness (QED) is 0.0261. The lowest BCUT2D eigenvalue weighted by Gasteiger charge is -2.18. The maximum absolute atomic E-state index is 12.9. The van der Waals surface area contributed by atoms with Crippen molar-refractivity contribution in [1.82, 2.24) is 0 Å². The van der Waals surface area contributed by atoms with E-state index in [0.29, 0.717) is 19.3 Å². The highest BCUT2D eigenvalue weighted by Gasteiger charge is 2.19. The zero-order chi connectivity index (χ0) is 51.4. The molecule has 0 N–H and O–H groups in total. The number of esters is 3. The number of ether oxygens (including phenoxy) is 3. The molecule has 6 nitrogen and oxygen atoms in total. The van der Waals surface area contributed by atoms with Crippen molar-refractivity contribution in [2.45, 2.75) is 335 Å². The monoisotopic (exact) mass is 995 g/mol. The van der Waals surface area contributed by atoms with E-state index in [1.54, 1.807) is 0 Å². The molecule has 0 fully saturated rings. The third kappa shape index (κ3) is 58.1. The molecule has 0 spiro atoms. The second-order valence-corrected chi connectivity index (χ2v) is 21.0. The summed E-state index contributed by atoms with van der Waals surface area (Å²) in [5.41, 5.74) is 0. The molecule has 0 saturated heterocycles. The molecule has 0 bridgehead atoms. The summed E-state index contributed by atoms with van der Waals surface area (Å²) in [4.78, 5) is 38.3. The fraction of sp³-hybridized carbons (Fsp3) is 0.831. The van der Waals surface area contributed by atoms with Crippen molar-refractivity contribution < 1.29 is 28.6 Å². The highest BCUT2D eigenvalue weighted by molar-refractivity contribution is 5.71. The van der Waals surface area contributed by atoms with Crippen LogP contribution in [-0.2, 0) is 28.6 Å². The second-order valence-electron chi connectivity index (χ2n) is 21.0. The molecule has 1 unspecified atom stereocenters. The molecule has 0 aliphatic carbocycles. The van der Waals surface area contributed by atoms with Crippen molar-refractivity contribution in [3.8, 4) is 0 Å². The Morgan fingerprint density at radius 3 is 0.831 bits per heavy atom. The number of hydrogen-bond donors (Lipinski definition) is 0. The number of hydrogen-bond acceptors (Lipinski definition) is 6. The summed E-state index contributed by atoms with van der Waals surface area (Å²) in [6, 6.07) is 0. The fourth-order valence-electron chi connectivity index (χ4n) is 9.09. The van der Waals surface area contributed by atoms with E-state index in [0.717, 1.165) is 83.5 Å². The lowest BCUT2D eigenvalue weighted by molar-refractivity contribution is -0.167. The van der Waals surface area contributed by atoms with Crippen molar-refractivity contribution >= 4 is 17.9 Å². The van der Waals surface area contributed by atoms with E-state index in [9.17, 15) is 14.4 Å². The zero-order valence-electron chi connectivity index (χ0n) is 47.5. The number of carbonyl (C=O) groups is 3. The lowest BCUT2D eigenvalue weighted by Crippen LogP contribution is -2.30. The first kappa shape index (κ1) is 68.4. The fourth-order valence-corrected chi connectivity index (χ4v) is 9.09. The third-order valence-electron chi connectivity index (χ3n) is 13.8. The van der Waals surface area contributed by atoms with E-state index in [2.05, 4.69) is 69.4 Å². The van der Waals surface area contributed by atoms with Gasteiger partial charge in [-0.05, 0) is 83.5 Å². The van der Waals surface area contributed by atoms with E-state index >= 15 is 0 Å². The summed E-state index contributed by atoms with van der Waals surface area (Å²) in [5.74, 6) is -0.879. The van der Waals surface area contributed by atoms with Gasteiger partial charge in [-0.3, -0.25) is 14.4 Å². The Hall–Kier alpha value is -2.63. The van der Waals surface area contributed by atoms with Crippen LogP contribution in [0.5, 0.6) is 0 Å². The van der Waals surface area contributed by atoms with Gasteiger partial charge in [0.05, 0.1) is 0 Å². The minimum atomic E-state index is -0.780. The Kier molecular flexibility index (Phi) is 57.7. The Labute approximate surface area is 441 Å². The van der Waals surface area contributed by atoms with Gasteiger partial charge in [-0.25, -0.2) is 0 Å². The summed E-state index contributed by atoms with van der Waals surface area (Å²) in [7, 11) is 0. The van der Waals surface area contributed by atoms with E-state index in [4.69, 9.17) is 14.2 Å². The first-order valence-electron chi connectivity index (χ1n) is 31.1. The Morgan fingerprint density at radius 2 is 0.507 bits per heavy atom. The molecule has 0 heterocycles. The second kappa shape index (κ2) is 59.9.